The van der Waals surface area contributed by atoms with Crippen molar-refractivity contribution in [3.63, 3.8) is 0 Å². The Morgan fingerprint density at radius 1 is 1.10 bits per heavy atom. The predicted molar refractivity (Wildman–Crippen MR) is 86.4 cm³/mol. The van der Waals surface area contributed by atoms with Crippen molar-refractivity contribution in [1.82, 2.24) is 4.90 Å². The van der Waals surface area contributed by atoms with Crippen molar-refractivity contribution in [1.29, 1.82) is 0 Å². The number of hydrogen-bond donors (Lipinski definition) is 1. The highest BCUT2D eigenvalue weighted by Crippen LogP contribution is 2.29. The first-order chi connectivity index (χ1) is 9.74. The Morgan fingerprint density at radius 2 is 1.85 bits per heavy atom. The maximum absolute atomic E-state index is 3.84. The minimum Gasteiger partial charge on any atom is -0.382 e. The van der Waals surface area contributed by atoms with Crippen LogP contribution in [0.4, 0.5) is 5.69 Å². The Bertz CT molecular complexity index is 445. The van der Waals surface area contributed by atoms with Gasteiger partial charge >= 0.3 is 0 Å². The Kier molecular flexibility index (Phi) is 4.30. The molecule has 2 aliphatic rings. The molecule has 1 N–H and O–H groups in total. The Balaban J connectivity index is 1.64. The molecule has 1 aliphatic carbocycles. The van der Waals surface area contributed by atoms with Gasteiger partial charge in [-0.3, -0.25) is 0 Å². The van der Waals surface area contributed by atoms with Gasteiger partial charge in [-0.25, -0.2) is 0 Å². The van der Waals surface area contributed by atoms with E-state index in [0.29, 0.717) is 12.1 Å². The molecule has 1 heterocycles. The molecular weight excluding hydrogens is 244 g/mol. The maximum Gasteiger partial charge on any atom is 0.0377 e. The van der Waals surface area contributed by atoms with Crippen LogP contribution in [0.15, 0.2) is 18.2 Å². The second-order valence-electron chi connectivity index (χ2n) is 6.70. The number of likely N-dealkylation sites (tertiary alicyclic amines) is 1. The molecular formula is C18H28N2. The number of piperidine rings is 1. The van der Waals surface area contributed by atoms with E-state index in [1.54, 1.807) is 11.1 Å². The summed E-state index contributed by atoms with van der Waals surface area (Å²) >= 11 is 0. The van der Waals surface area contributed by atoms with Crippen molar-refractivity contribution in [2.45, 2.75) is 64.5 Å². The van der Waals surface area contributed by atoms with E-state index in [9.17, 15) is 0 Å². The summed E-state index contributed by atoms with van der Waals surface area (Å²) in [7, 11) is 0. The third kappa shape index (κ3) is 3.01. The van der Waals surface area contributed by atoms with Crippen LogP contribution in [0, 0.1) is 0 Å². The second-order valence-corrected chi connectivity index (χ2v) is 6.70. The lowest BCUT2D eigenvalue weighted by Crippen LogP contribution is -2.42. The summed E-state index contributed by atoms with van der Waals surface area (Å²) in [6, 6.07) is 8.20. The smallest absolute Gasteiger partial charge is 0.0377 e. The first-order valence-electron chi connectivity index (χ1n) is 8.35. The number of fused-ring (bicyclic) bond motifs is 1. The number of benzene rings is 1. The number of aryl methyl sites for hydroxylation is 1. The minimum absolute atomic E-state index is 0.665. The van der Waals surface area contributed by atoms with E-state index in [-0.39, 0.29) is 0 Å². The molecule has 0 unspecified atom stereocenters. The van der Waals surface area contributed by atoms with Gasteiger partial charge in [-0.15, -0.1) is 0 Å². The lowest BCUT2D eigenvalue weighted by atomic mass is 9.90. The molecule has 2 heteroatoms. The molecule has 1 aromatic carbocycles. The molecule has 1 saturated heterocycles. The van der Waals surface area contributed by atoms with Gasteiger partial charge in [0.1, 0.15) is 0 Å². The van der Waals surface area contributed by atoms with Crippen molar-refractivity contribution in [3.8, 4) is 0 Å². The Morgan fingerprint density at radius 3 is 2.60 bits per heavy atom. The number of hydrogen-bond acceptors (Lipinski definition) is 2. The van der Waals surface area contributed by atoms with Crippen molar-refractivity contribution in [2.24, 2.45) is 0 Å². The normalized spacial score (nSPS) is 20.9. The molecule has 0 bridgehead atoms. The van der Waals surface area contributed by atoms with E-state index in [1.807, 2.05) is 0 Å². The van der Waals surface area contributed by atoms with Crippen LogP contribution < -0.4 is 5.32 Å². The fourth-order valence-electron chi connectivity index (χ4n) is 3.70. The van der Waals surface area contributed by atoms with Gasteiger partial charge in [0.2, 0.25) is 0 Å². The predicted octanol–water partition coefficient (Wildman–Crippen LogP) is 3.85. The van der Waals surface area contributed by atoms with Crippen LogP contribution >= 0.6 is 0 Å². The zero-order valence-corrected chi connectivity index (χ0v) is 13.0. The zero-order chi connectivity index (χ0) is 13.9. The van der Waals surface area contributed by atoms with Gasteiger partial charge in [-0.05, 0) is 69.6 Å². The number of nitrogens with one attached hydrogen (secondary N) is 1. The summed E-state index contributed by atoms with van der Waals surface area (Å²) in [5.41, 5.74) is 4.61. The van der Waals surface area contributed by atoms with Crippen molar-refractivity contribution >= 4 is 5.69 Å². The Hall–Kier alpha value is -1.02. The molecule has 0 saturated carbocycles. The highest BCUT2D eigenvalue weighted by atomic mass is 15.2. The molecule has 20 heavy (non-hydrogen) atoms. The van der Waals surface area contributed by atoms with Gasteiger partial charge in [0.15, 0.2) is 0 Å². The molecule has 2 nitrogen and oxygen atoms in total. The number of anilines is 1. The van der Waals surface area contributed by atoms with Gasteiger partial charge in [-0.1, -0.05) is 12.1 Å². The molecule has 0 atom stereocenters. The maximum atomic E-state index is 3.84. The van der Waals surface area contributed by atoms with E-state index in [0.717, 1.165) is 0 Å². The summed E-state index contributed by atoms with van der Waals surface area (Å²) in [4.78, 5) is 2.60. The van der Waals surface area contributed by atoms with Crippen LogP contribution in [-0.4, -0.2) is 30.1 Å². The molecule has 0 aromatic heterocycles. The molecule has 0 amide bonds. The fourth-order valence-corrected chi connectivity index (χ4v) is 3.70. The second kappa shape index (κ2) is 6.17. The molecule has 110 valence electrons. The summed E-state index contributed by atoms with van der Waals surface area (Å²) in [5, 5.41) is 3.84. The van der Waals surface area contributed by atoms with Crippen LogP contribution in [0.1, 0.15) is 50.7 Å². The van der Waals surface area contributed by atoms with E-state index in [1.165, 1.54) is 57.3 Å². The molecule has 0 spiro atoms. The topological polar surface area (TPSA) is 15.3 Å². The number of rotatable bonds is 3. The average Bonchev–Trinajstić information content (AvgIpc) is 2.48. The van der Waals surface area contributed by atoms with Crippen LogP contribution in [0.2, 0.25) is 0 Å². The molecule has 1 aliphatic heterocycles. The zero-order valence-electron chi connectivity index (χ0n) is 13.0. The third-order valence-electron chi connectivity index (χ3n) is 5.02. The van der Waals surface area contributed by atoms with Crippen molar-refractivity contribution < 1.29 is 0 Å². The Labute approximate surface area is 123 Å². The quantitative estimate of drug-likeness (QED) is 0.899. The average molecular weight is 272 g/mol. The molecule has 1 fully saturated rings. The van der Waals surface area contributed by atoms with Gasteiger partial charge in [0.25, 0.3) is 0 Å². The molecule has 0 radical (unpaired) electrons. The monoisotopic (exact) mass is 272 g/mol. The molecule has 3 rings (SSSR count). The van der Waals surface area contributed by atoms with Crippen molar-refractivity contribution in [3.05, 3.63) is 29.3 Å². The van der Waals surface area contributed by atoms with E-state index in [2.05, 4.69) is 42.3 Å². The van der Waals surface area contributed by atoms with Gasteiger partial charge < -0.3 is 10.2 Å². The number of nitrogens with zero attached hydrogens (tertiary/aromatic N) is 1. The molecule has 1 aromatic rings. The fraction of sp³-hybridized carbons (Fsp3) is 0.667. The van der Waals surface area contributed by atoms with Crippen molar-refractivity contribution in [2.75, 3.05) is 18.4 Å². The van der Waals surface area contributed by atoms with Gasteiger partial charge in [-0.2, -0.15) is 0 Å². The summed E-state index contributed by atoms with van der Waals surface area (Å²) < 4.78 is 0. The van der Waals surface area contributed by atoms with Gasteiger partial charge in [0, 0.05) is 30.9 Å². The van der Waals surface area contributed by atoms with Gasteiger partial charge in [0.05, 0.1) is 0 Å². The lowest BCUT2D eigenvalue weighted by molar-refractivity contribution is 0.177. The lowest BCUT2D eigenvalue weighted by Gasteiger charge is -2.36. The first kappa shape index (κ1) is 13.9. The van der Waals surface area contributed by atoms with Crippen LogP contribution in [0.5, 0.6) is 0 Å². The van der Waals surface area contributed by atoms with E-state index < -0.39 is 0 Å². The summed E-state index contributed by atoms with van der Waals surface area (Å²) in [6.07, 6.45) is 7.82. The SMILES string of the molecule is CC(C)N1CCC(Nc2cccc3c2CCCC3)CC1. The van der Waals surface area contributed by atoms with Crippen LogP contribution in [0.3, 0.4) is 0 Å². The van der Waals surface area contributed by atoms with Crippen LogP contribution in [-0.2, 0) is 12.8 Å². The summed E-state index contributed by atoms with van der Waals surface area (Å²) in [6.45, 7) is 7.09. The van der Waals surface area contributed by atoms with E-state index in [4.69, 9.17) is 0 Å². The minimum atomic E-state index is 0.665. The first-order valence-corrected chi connectivity index (χ1v) is 8.35. The summed E-state index contributed by atoms with van der Waals surface area (Å²) in [5.74, 6) is 0. The van der Waals surface area contributed by atoms with E-state index >= 15 is 0 Å². The standard InChI is InChI=1S/C18H28N2/c1-14(2)20-12-10-16(11-13-20)19-18-9-5-7-15-6-3-4-8-17(15)18/h5,7,9,14,16,19H,3-4,6,8,10-13H2,1-2H3. The van der Waals surface area contributed by atoms with Crippen LogP contribution in [0.25, 0.3) is 0 Å². The highest BCUT2D eigenvalue weighted by molar-refractivity contribution is 5.56. The largest absolute Gasteiger partial charge is 0.382 e. The highest BCUT2D eigenvalue weighted by Gasteiger charge is 2.22. The third-order valence-corrected chi connectivity index (χ3v) is 5.02.